The number of aliphatic hydroxyl groups excluding tert-OH is 1. The van der Waals surface area contributed by atoms with Gasteiger partial charge in [0.2, 0.25) is 0 Å². The number of H-pyrrole nitrogens is 1. The molecule has 2 aliphatic heterocycles. The second-order valence-corrected chi connectivity index (χ2v) is 16.8. The molecule has 1 spiro atoms. The maximum atomic E-state index is 14.4. The Labute approximate surface area is 282 Å². The van der Waals surface area contributed by atoms with Gasteiger partial charge in [0.25, 0.3) is 5.56 Å². The van der Waals surface area contributed by atoms with E-state index in [0.717, 1.165) is 0 Å². The van der Waals surface area contributed by atoms with Crippen molar-refractivity contribution in [3.63, 3.8) is 0 Å². The van der Waals surface area contributed by atoms with Crippen LogP contribution in [0.25, 0.3) is 22.3 Å². The highest BCUT2D eigenvalue weighted by Crippen LogP contribution is 2.73. The molecule has 4 N–H and O–H groups in total. The highest BCUT2D eigenvalue weighted by Gasteiger charge is 2.74. The fourth-order valence-electron chi connectivity index (χ4n) is 7.39. The van der Waals surface area contributed by atoms with Gasteiger partial charge in [0, 0.05) is 12.5 Å². The number of imidazole rings is 2. The average molecular weight is 742 g/mol. The molecule has 264 valence electrons. The zero-order valence-corrected chi connectivity index (χ0v) is 28.9. The molecule has 0 amide bonds. The van der Waals surface area contributed by atoms with Gasteiger partial charge in [-0.15, -0.1) is 0 Å². The normalized spacial score (nSPS) is 39.3. The summed E-state index contributed by atoms with van der Waals surface area (Å²) in [5.74, 6) is 0.137. The number of nitrogens with two attached hydrogens (primary N) is 1. The first-order valence-electron chi connectivity index (χ1n) is 15.3. The maximum absolute atomic E-state index is 14.4. The first kappa shape index (κ1) is 33.3. The van der Waals surface area contributed by atoms with E-state index in [1.165, 1.54) is 30.7 Å². The lowest BCUT2D eigenvalue weighted by Gasteiger charge is -2.31. The van der Waals surface area contributed by atoms with Crippen LogP contribution in [0.1, 0.15) is 31.4 Å². The van der Waals surface area contributed by atoms with Crippen molar-refractivity contribution >= 4 is 55.0 Å². The number of phosphoric acid groups is 1. The smallest absolute Gasteiger partial charge is 0.388 e. The van der Waals surface area contributed by atoms with Crippen LogP contribution in [0.2, 0.25) is 0 Å². The minimum atomic E-state index is -4.44. The Hall–Kier alpha value is -2.81. The van der Waals surface area contributed by atoms with E-state index in [4.69, 9.17) is 37.8 Å². The van der Waals surface area contributed by atoms with E-state index in [9.17, 15) is 19.0 Å². The third-order valence-electron chi connectivity index (χ3n) is 9.59. The number of anilines is 1. The van der Waals surface area contributed by atoms with Gasteiger partial charge in [0.05, 0.1) is 38.5 Å². The van der Waals surface area contributed by atoms with Crippen molar-refractivity contribution in [2.75, 3.05) is 32.7 Å². The van der Waals surface area contributed by atoms with Gasteiger partial charge in [-0.3, -0.25) is 32.0 Å². The molecule has 0 aromatic carbocycles. The molecule has 2 saturated heterocycles. The van der Waals surface area contributed by atoms with Crippen LogP contribution in [-0.4, -0.2) is 102 Å². The lowest BCUT2D eigenvalue weighted by atomic mass is 10.0. The van der Waals surface area contributed by atoms with E-state index in [1.807, 2.05) is 0 Å². The zero-order chi connectivity index (χ0) is 34.5. The molecule has 8 rings (SSSR count). The van der Waals surface area contributed by atoms with E-state index in [0.29, 0.717) is 23.4 Å². The number of aliphatic hydroxyl groups is 1. The molecule has 23 heteroatoms. The third kappa shape index (κ3) is 5.38. The van der Waals surface area contributed by atoms with Gasteiger partial charge in [0.1, 0.15) is 48.2 Å². The summed E-state index contributed by atoms with van der Waals surface area (Å²) < 4.78 is 73.1. The number of nitrogen functional groups attached to an aromatic ring is 1. The van der Waals surface area contributed by atoms with Crippen LogP contribution in [0, 0.1) is 18.3 Å². The molecule has 0 radical (unpaired) electrons. The number of aromatic amines is 1. The molecule has 4 fully saturated rings. The highest BCUT2D eigenvalue weighted by atomic mass is 32.7. The van der Waals surface area contributed by atoms with Gasteiger partial charge >= 0.3 is 14.6 Å². The molecule has 11 atom stereocenters. The Bertz CT molecular complexity index is 2100. The quantitative estimate of drug-likeness (QED) is 0.168. The number of ether oxygens (including phenoxy) is 2. The van der Waals surface area contributed by atoms with Crippen molar-refractivity contribution in [1.29, 1.82) is 0 Å². The number of nitrogens with zero attached hydrogens (tertiary/aromatic N) is 7. The molecular weight excluding hydrogens is 708 g/mol. The van der Waals surface area contributed by atoms with Crippen LogP contribution < -0.4 is 11.3 Å². The Morgan fingerprint density at radius 1 is 1.14 bits per heavy atom. The summed E-state index contributed by atoms with van der Waals surface area (Å²) in [6.45, 7) is -1.74. The van der Waals surface area contributed by atoms with E-state index < -0.39 is 68.4 Å². The second kappa shape index (κ2) is 11.9. The monoisotopic (exact) mass is 741 g/mol. The standard InChI is InChI=1S/C26H33N9O11P2S/c1-4-41-47(38)43-7-26-5-12(26)16(34-9-30-14-21(27)28-8-29-22(14)34)17(36)20(26)46-48(39,49)42-6-13-18(40-3)19(45-47)25(44-13)35-10-31-15-23(35)32-11(2)33-24(15)37/h8-10,12-13,16-20,25,36H,4-7H2,1-3H3,(H,39,49)(H2,27,28,29)(H,32,33,37)/t12-,13-,16-,17+,18-,19-,20+,25-,26?,47-,48-/m1/s1. The minimum absolute atomic E-state index is 0.0348. The topological polar surface area (TPSA) is 252 Å². The summed E-state index contributed by atoms with van der Waals surface area (Å²) in [6.07, 6.45) is -2.28. The van der Waals surface area contributed by atoms with Crippen LogP contribution in [0.5, 0.6) is 0 Å². The summed E-state index contributed by atoms with van der Waals surface area (Å²) in [6, 6.07) is -0.683. The van der Waals surface area contributed by atoms with Gasteiger partial charge in [-0.25, -0.2) is 34.0 Å². The van der Waals surface area contributed by atoms with Gasteiger partial charge in [-0.2, -0.15) is 0 Å². The van der Waals surface area contributed by atoms with Crippen LogP contribution in [0.4, 0.5) is 5.82 Å². The van der Waals surface area contributed by atoms with E-state index in [1.54, 1.807) is 18.4 Å². The van der Waals surface area contributed by atoms with Crippen molar-refractivity contribution in [3.05, 3.63) is 35.2 Å². The summed E-state index contributed by atoms with van der Waals surface area (Å²) in [7, 11) is -3.06. The molecular formula is C26H33N9O11P2S. The van der Waals surface area contributed by atoms with Crippen LogP contribution in [0.3, 0.4) is 0 Å². The number of fused-ring (bicyclic) bond motifs is 4. The molecule has 4 aromatic heterocycles. The number of aromatic nitrogens is 8. The maximum Gasteiger partial charge on any atom is 0.475 e. The van der Waals surface area contributed by atoms with E-state index in [2.05, 4.69) is 42.2 Å². The molecule has 4 aromatic rings. The summed E-state index contributed by atoms with van der Waals surface area (Å²) in [5.41, 5.74) is 5.44. The lowest BCUT2D eigenvalue weighted by molar-refractivity contribution is -0.0612. The van der Waals surface area contributed by atoms with Gasteiger partial charge in [-0.05, 0) is 26.2 Å². The number of thiol groups is 1. The van der Waals surface area contributed by atoms with Gasteiger partial charge in [0.15, 0.2) is 28.9 Å². The van der Waals surface area contributed by atoms with Crippen molar-refractivity contribution < 1.29 is 46.3 Å². The summed E-state index contributed by atoms with van der Waals surface area (Å²) in [4.78, 5) is 36.5. The van der Waals surface area contributed by atoms with Crippen LogP contribution in [-0.2, 0) is 41.2 Å². The predicted octanol–water partition coefficient (Wildman–Crippen LogP) is 1.68. The number of nitrogens with one attached hydrogen (secondary N) is 1. The molecule has 20 nitrogen and oxygen atoms in total. The molecule has 2 bridgehead atoms. The summed E-state index contributed by atoms with van der Waals surface area (Å²) >= 11 is 4.27. The summed E-state index contributed by atoms with van der Waals surface area (Å²) in [5, 5.41) is 11.7. The molecule has 49 heavy (non-hydrogen) atoms. The Kier molecular flexibility index (Phi) is 8.08. The first-order valence-corrected chi connectivity index (χ1v) is 19.5. The average Bonchev–Trinajstić information content (AvgIpc) is 3.35. The molecule has 2 saturated carbocycles. The number of rotatable bonds is 5. The zero-order valence-electron chi connectivity index (χ0n) is 26.3. The predicted molar refractivity (Wildman–Crippen MR) is 170 cm³/mol. The first-order chi connectivity index (χ1) is 23.4. The van der Waals surface area contributed by atoms with Crippen molar-refractivity contribution in [2.24, 2.45) is 11.3 Å². The number of hydrogen-bond acceptors (Lipinski definition) is 17. The fraction of sp³-hybridized carbons (Fsp3) is 0.615. The minimum Gasteiger partial charge on any atom is -0.388 e. The van der Waals surface area contributed by atoms with E-state index in [-0.39, 0.29) is 42.7 Å². The number of hydrogen-bond donors (Lipinski definition) is 4. The number of aryl methyl sites for hydroxylation is 1. The van der Waals surface area contributed by atoms with E-state index >= 15 is 0 Å². The molecule has 4 aliphatic rings. The van der Waals surface area contributed by atoms with Crippen LogP contribution in [0.15, 0.2) is 23.8 Å². The second-order valence-electron chi connectivity index (χ2n) is 12.3. The number of methoxy groups -OCH3 is 1. The Balaban J connectivity index is 1.18. The Morgan fingerprint density at radius 3 is 2.69 bits per heavy atom. The fourth-order valence-corrected chi connectivity index (χ4v) is 10.3. The van der Waals surface area contributed by atoms with Gasteiger partial charge in [-0.1, -0.05) is 12.2 Å². The van der Waals surface area contributed by atoms with Crippen molar-refractivity contribution in [2.45, 2.75) is 63.1 Å². The molecule has 1 unspecified atom stereocenters. The third-order valence-corrected chi connectivity index (χ3v) is 12.7. The van der Waals surface area contributed by atoms with Crippen molar-refractivity contribution in [1.82, 2.24) is 39.0 Å². The molecule has 2 aliphatic carbocycles. The Morgan fingerprint density at radius 2 is 1.92 bits per heavy atom. The lowest BCUT2D eigenvalue weighted by Crippen LogP contribution is -2.37. The van der Waals surface area contributed by atoms with Gasteiger partial charge < -0.3 is 29.9 Å². The molecule has 6 heterocycles. The SMILES string of the molecule is CCO[P@]1(=O)OCC23C[C@@H]2[C@@H](n2cnc4c(N)ncnc42)[C@H](O)[C@@H]3O[P@](=O)(S)OC[C@H]2O[C@@H](n3cnc4c(=O)[nH]c(C)nc43)[C@H](O1)[C@@H]2OC. The van der Waals surface area contributed by atoms with Crippen LogP contribution >= 0.6 is 26.9 Å². The highest BCUT2D eigenvalue weighted by molar-refractivity contribution is 8.44. The van der Waals surface area contributed by atoms with Crippen molar-refractivity contribution in [3.8, 4) is 0 Å². The largest absolute Gasteiger partial charge is 0.475 e. The number of phosphoric ester groups is 1.